The highest BCUT2D eigenvalue weighted by molar-refractivity contribution is 7.82. The maximum absolute atomic E-state index is 12.9. The summed E-state index contributed by atoms with van der Waals surface area (Å²) in [6.45, 7) is 0. The molecule has 0 unspecified atom stereocenters. The predicted molar refractivity (Wildman–Crippen MR) is 80.4 cm³/mol. The third-order valence-corrected chi connectivity index (χ3v) is 2.94. The van der Waals surface area contributed by atoms with Gasteiger partial charge in [0.25, 0.3) is 5.91 Å². The van der Waals surface area contributed by atoms with Gasteiger partial charge in [0.05, 0.1) is 0 Å². The van der Waals surface area contributed by atoms with E-state index in [-0.39, 0.29) is 10.8 Å². The Morgan fingerprint density at radius 3 is 2.45 bits per heavy atom. The number of anilines is 1. The van der Waals surface area contributed by atoms with Gasteiger partial charge in [-0.3, -0.25) is 4.79 Å². The van der Waals surface area contributed by atoms with Crippen LogP contribution in [0, 0.1) is 5.82 Å². The molecule has 0 aromatic heterocycles. The number of thiocarbonyl (C=S) groups is 1. The molecule has 1 amide bonds. The third-order valence-electron chi connectivity index (χ3n) is 2.64. The van der Waals surface area contributed by atoms with Crippen LogP contribution in [0.5, 0.6) is 0 Å². The second-order valence-corrected chi connectivity index (χ2v) is 4.42. The molecule has 0 saturated carbocycles. The van der Waals surface area contributed by atoms with E-state index in [1.165, 1.54) is 12.1 Å². The van der Waals surface area contributed by atoms with Gasteiger partial charge in [-0.2, -0.15) is 0 Å². The number of benzene rings is 2. The molecule has 0 aliphatic carbocycles. The number of amides is 1. The molecular weight excluding hydrogens is 277 g/mol. The van der Waals surface area contributed by atoms with Crippen molar-refractivity contribution >= 4 is 28.8 Å². The van der Waals surface area contributed by atoms with Gasteiger partial charge in [0.2, 0.25) is 0 Å². The topological polar surface area (TPSA) is 67.1 Å². The molecule has 2 aromatic carbocycles. The molecule has 4 nitrogen and oxygen atoms in total. The van der Waals surface area contributed by atoms with Gasteiger partial charge in [0.15, 0.2) is 4.99 Å². The van der Waals surface area contributed by atoms with E-state index in [1.807, 2.05) is 6.07 Å². The minimum atomic E-state index is -0.487. The molecule has 0 heterocycles. The zero-order valence-corrected chi connectivity index (χ0v) is 11.2. The number of rotatable bonds is 2. The van der Waals surface area contributed by atoms with E-state index in [0.29, 0.717) is 5.69 Å². The maximum Gasteiger partial charge on any atom is 0.284 e. The highest BCUT2D eigenvalue weighted by Crippen LogP contribution is 2.22. The van der Waals surface area contributed by atoms with Crippen LogP contribution in [0.15, 0.2) is 48.5 Å². The van der Waals surface area contributed by atoms with Crippen molar-refractivity contribution in [3.8, 4) is 11.1 Å². The summed E-state index contributed by atoms with van der Waals surface area (Å²) in [5.74, 6) is 4.29. The molecule has 20 heavy (non-hydrogen) atoms. The average Bonchev–Trinajstić information content (AvgIpc) is 2.47. The Morgan fingerprint density at radius 1 is 1.10 bits per heavy atom. The summed E-state index contributed by atoms with van der Waals surface area (Å²) in [5, 5.41) is 2.62. The summed E-state index contributed by atoms with van der Waals surface area (Å²) in [4.78, 5) is 11.5. The number of halogens is 1. The number of hydrogen-bond acceptors (Lipinski definition) is 3. The van der Waals surface area contributed by atoms with E-state index in [2.05, 4.69) is 10.7 Å². The van der Waals surface area contributed by atoms with Crippen LogP contribution in [0.2, 0.25) is 0 Å². The molecule has 102 valence electrons. The van der Waals surface area contributed by atoms with Crippen LogP contribution < -0.4 is 16.6 Å². The van der Waals surface area contributed by atoms with Gasteiger partial charge in [0, 0.05) is 5.69 Å². The lowest BCUT2D eigenvalue weighted by atomic mass is 10.1. The van der Waals surface area contributed by atoms with Crippen molar-refractivity contribution in [2.75, 3.05) is 5.32 Å². The molecule has 0 spiro atoms. The molecule has 4 N–H and O–H groups in total. The molecule has 2 aromatic rings. The van der Waals surface area contributed by atoms with Crippen molar-refractivity contribution in [3.05, 3.63) is 54.3 Å². The molecular formula is C14H12FN3OS. The molecule has 0 bridgehead atoms. The van der Waals surface area contributed by atoms with Gasteiger partial charge in [-0.05, 0) is 35.4 Å². The Bertz CT molecular complexity index is 643. The Hall–Kier alpha value is -2.31. The normalized spacial score (nSPS) is 9.90. The minimum absolute atomic E-state index is 0.0998. The molecule has 0 atom stereocenters. The molecule has 6 heteroatoms. The second kappa shape index (κ2) is 6.23. The van der Waals surface area contributed by atoms with E-state index in [1.54, 1.807) is 30.3 Å². The Morgan fingerprint density at radius 2 is 1.80 bits per heavy atom. The number of hydrogen-bond donors (Lipinski definition) is 3. The summed E-state index contributed by atoms with van der Waals surface area (Å²) >= 11 is 4.73. The van der Waals surface area contributed by atoms with E-state index < -0.39 is 5.91 Å². The molecule has 2 rings (SSSR count). The number of carbonyl (C=O) groups excluding carboxylic acids is 1. The highest BCUT2D eigenvalue weighted by Gasteiger charge is 2.08. The van der Waals surface area contributed by atoms with Crippen LogP contribution in [0.1, 0.15) is 0 Å². The first kappa shape index (κ1) is 14.1. The smallest absolute Gasteiger partial charge is 0.284 e. The fraction of sp³-hybridized carbons (Fsp3) is 0. The predicted octanol–water partition coefficient (Wildman–Crippen LogP) is 2.22. The number of hydrazine groups is 1. The first-order valence-electron chi connectivity index (χ1n) is 5.78. The second-order valence-electron chi connectivity index (χ2n) is 4.02. The lowest BCUT2D eigenvalue weighted by Crippen LogP contribution is -2.38. The van der Waals surface area contributed by atoms with Gasteiger partial charge in [-0.1, -0.05) is 36.5 Å². The minimum Gasteiger partial charge on any atom is -0.320 e. The third kappa shape index (κ3) is 3.37. The van der Waals surface area contributed by atoms with Crippen LogP contribution in [-0.2, 0) is 4.79 Å². The van der Waals surface area contributed by atoms with Crippen LogP contribution in [0.4, 0.5) is 10.1 Å². The maximum atomic E-state index is 12.9. The Kier molecular flexibility index (Phi) is 4.39. The quantitative estimate of drug-likeness (QED) is 0.450. The van der Waals surface area contributed by atoms with Crippen molar-refractivity contribution < 1.29 is 9.18 Å². The SMILES string of the molecule is NNC(=S)C(=O)Nc1cccc(-c2ccc(F)cc2)c1. The fourth-order valence-electron chi connectivity index (χ4n) is 1.67. The van der Waals surface area contributed by atoms with Crippen molar-refractivity contribution in [2.45, 2.75) is 0 Å². The summed E-state index contributed by atoms with van der Waals surface area (Å²) in [5.41, 5.74) is 4.40. The summed E-state index contributed by atoms with van der Waals surface area (Å²) in [6, 6.07) is 13.2. The zero-order valence-electron chi connectivity index (χ0n) is 10.4. The van der Waals surface area contributed by atoms with Gasteiger partial charge < -0.3 is 10.7 Å². The van der Waals surface area contributed by atoms with Crippen molar-refractivity contribution in [1.82, 2.24) is 5.43 Å². The Labute approximate surface area is 120 Å². The van der Waals surface area contributed by atoms with Crippen molar-refractivity contribution in [2.24, 2.45) is 5.84 Å². The summed E-state index contributed by atoms with van der Waals surface area (Å²) in [7, 11) is 0. The zero-order chi connectivity index (χ0) is 14.5. The lowest BCUT2D eigenvalue weighted by molar-refractivity contribution is -0.110. The molecule has 0 saturated heterocycles. The molecule has 0 fully saturated rings. The first-order chi connectivity index (χ1) is 9.60. The van der Waals surface area contributed by atoms with Gasteiger partial charge >= 0.3 is 0 Å². The van der Waals surface area contributed by atoms with Crippen LogP contribution in [0.25, 0.3) is 11.1 Å². The van der Waals surface area contributed by atoms with Gasteiger partial charge in [-0.15, -0.1) is 0 Å². The fourth-order valence-corrected chi connectivity index (χ4v) is 1.72. The average molecular weight is 289 g/mol. The van der Waals surface area contributed by atoms with Crippen molar-refractivity contribution in [1.29, 1.82) is 0 Å². The monoisotopic (exact) mass is 289 g/mol. The first-order valence-corrected chi connectivity index (χ1v) is 6.19. The molecule has 0 aliphatic heterocycles. The number of carbonyl (C=O) groups is 1. The van der Waals surface area contributed by atoms with Crippen molar-refractivity contribution in [3.63, 3.8) is 0 Å². The van der Waals surface area contributed by atoms with E-state index >= 15 is 0 Å². The van der Waals surface area contributed by atoms with Crippen LogP contribution in [0.3, 0.4) is 0 Å². The largest absolute Gasteiger partial charge is 0.320 e. The van der Waals surface area contributed by atoms with E-state index in [9.17, 15) is 9.18 Å². The van der Waals surface area contributed by atoms with E-state index in [0.717, 1.165) is 11.1 Å². The van der Waals surface area contributed by atoms with E-state index in [4.69, 9.17) is 18.1 Å². The molecule has 0 radical (unpaired) electrons. The number of nitrogens with one attached hydrogen (secondary N) is 2. The van der Waals surface area contributed by atoms with Gasteiger partial charge in [0.1, 0.15) is 5.82 Å². The molecule has 0 aliphatic rings. The van der Waals surface area contributed by atoms with Gasteiger partial charge in [-0.25, -0.2) is 10.2 Å². The van der Waals surface area contributed by atoms with Crippen LogP contribution in [-0.4, -0.2) is 10.9 Å². The lowest BCUT2D eigenvalue weighted by Gasteiger charge is -2.08. The highest BCUT2D eigenvalue weighted by atomic mass is 32.1. The van der Waals surface area contributed by atoms with Crippen LogP contribution >= 0.6 is 12.2 Å². The summed E-state index contributed by atoms with van der Waals surface area (Å²) < 4.78 is 12.9. The Balaban J connectivity index is 2.22. The standard InChI is InChI=1S/C14H12FN3OS/c15-11-6-4-9(5-7-11)10-2-1-3-12(8-10)17-13(19)14(20)18-16/h1-8H,16H2,(H,17,19)(H,18,20). The summed E-state index contributed by atoms with van der Waals surface area (Å²) in [6.07, 6.45) is 0. The number of nitrogens with two attached hydrogens (primary N) is 1.